The molecule has 0 bridgehead atoms. The van der Waals surface area contributed by atoms with Crippen molar-refractivity contribution in [3.05, 3.63) is 200 Å². The van der Waals surface area contributed by atoms with Gasteiger partial charge in [0.2, 0.25) is 0 Å². The molecule has 5 nitrogen and oxygen atoms in total. The number of allylic oxidation sites excluding steroid dienone is 14. The molecule has 0 saturated heterocycles. The molecule has 3 aliphatic rings. The Labute approximate surface area is 371 Å². The van der Waals surface area contributed by atoms with Crippen LogP contribution in [-0.4, -0.2) is 14.5 Å². The van der Waals surface area contributed by atoms with E-state index in [2.05, 4.69) is 169 Å². The molecular weight excluding hydrogens is 783 g/mol. The Morgan fingerprint density at radius 1 is 0.672 bits per heavy atom. The molecule has 0 radical (unpaired) electrons. The maximum atomic E-state index is 6.91. The van der Waals surface area contributed by atoms with Gasteiger partial charge in [0.25, 0.3) is 0 Å². The third-order valence-electron chi connectivity index (χ3n) is 13.1. The van der Waals surface area contributed by atoms with Crippen molar-refractivity contribution >= 4 is 72.1 Å². The molecule has 0 aliphatic heterocycles. The Morgan fingerprint density at radius 3 is 2.23 bits per heavy atom. The minimum atomic E-state index is 0.421. The van der Waals surface area contributed by atoms with Crippen LogP contribution in [-0.2, 0) is 6.42 Å². The van der Waals surface area contributed by atoms with Crippen LogP contribution in [0.3, 0.4) is 0 Å². The van der Waals surface area contributed by atoms with Gasteiger partial charge in [0.1, 0.15) is 22.3 Å². The molecule has 5 heteroatoms. The summed E-state index contributed by atoms with van der Waals surface area (Å²) in [5.74, 6) is 1.07. The molecule has 12 rings (SSSR count). The molecule has 4 heterocycles. The van der Waals surface area contributed by atoms with Gasteiger partial charge in [-0.2, -0.15) is 0 Å². The summed E-state index contributed by atoms with van der Waals surface area (Å²) in [6.07, 6.45) is 34.4. The molecule has 1 unspecified atom stereocenters. The van der Waals surface area contributed by atoms with Crippen molar-refractivity contribution in [2.24, 2.45) is 5.92 Å². The van der Waals surface area contributed by atoms with E-state index < -0.39 is 0 Å². The average molecular weight is 828 g/mol. The molecule has 9 aromatic rings. The highest BCUT2D eigenvalue weighted by Crippen LogP contribution is 2.44. The van der Waals surface area contributed by atoms with E-state index in [0.717, 1.165) is 116 Å². The fraction of sp³-hybridized carbons (Fsp3) is 0.119. The van der Waals surface area contributed by atoms with Crippen molar-refractivity contribution in [1.29, 1.82) is 0 Å². The first-order valence-corrected chi connectivity index (χ1v) is 22.5. The molecule has 0 saturated carbocycles. The van der Waals surface area contributed by atoms with Gasteiger partial charge in [0.15, 0.2) is 5.82 Å². The van der Waals surface area contributed by atoms with Crippen LogP contribution in [0.1, 0.15) is 49.1 Å². The predicted molar refractivity (Wildman–Crippen MR) is 267 cm³/mol. The second kappa shape index (κ2) is 15.9. The van der Waals surface area contributed by atoms with Crippen LogP contribution >= 0.6 is 0 Å². The first-order chi connectivity index (χ1) is 31.7. The number of fused-ring (bicyclic) bond motifs is 9. The number of hydrogen-bond donors (Lipinski definition) is 0. The van der Waals surface area contributed by atoms with E-state index in [-0.39, 0.29) is 0 Å². The van der Waals surface area contributed by atoms with Crippen molar-refractivity contribution in [3.8, 4) is 33.8 Å². The third kappa shape index (κ3) is 6.55. The molecule has 0 fully saturated rings. The lowest BCUT2D eigenvalue weighted by Gasteiger charge is -2.19. The minimum absolute atomic E-state index is 0.421. The number of para-hydroxylation sites is 2. The molecule has 5 aromatic carbocycles. The number of rotatable bonds is 9. The molecule has 0 N–H and O–H groups in total. The Morgan fingerprint density at radius 2 is 1.47 bits per heavy atom. The van der Waals surface area contributed by atoms with Crippen LogP contribution in [0.15, 0.2) is 191 Å². The molecule has 308 valence electrons. The van der Waals surface area contributed by atoms with Gasteiger partial charge in [-0.1, -0.05) is 140 Å². The number of nitrogens with zero attached hydrogens (tertiary/aromatic N) is 3. The third-order valence-corrected chi connectivity index (χ3v) is 13.1. The topological polar surface area (TPSA) is 57.0 Å². The van der Waals surface area contributed by atoms with Crippen LogP contribution in [0.4, 0.5) is 0 Å². The van der Waals surface area contributed by atoms with Crippen LogP contribution < -0.4 is 0 Å². The van der Waals surface area contributed by atoms with Gasteiger partial charge in [0, 0.05) is 49.4 Å². The summed E-state index contributed by atoms with van der Waals surface area (Å²) in [6.45, 7) is 3.79. The molecule has 64 heavy (non-hydrogen) atoms. The Hall–Kier alpha value is -7.76. The summed E-state index contributed by atoms with van der Waals surface area (Å²) >= 11 is 0. The zero-order valence-corrected chi connectivity index (χ0v) is 35.5. The monoisotopic (exact) mass is 827 g/mol. The van der Waals surface area contributed by atoms with Gasteiger partial charge < -0.3 is 13.4 Å². The second-order valence-electron chi connectivity index (χ2n) is 17.0. The standard InChI is InChI=1S/C59H45N3O2/c1-2-3-4-5-9-18-38-29-31-53-47(33-38)48-34-41(30-32-54(48)62(53)42-23-14-8-15-24-42)43-25-16-26-44-49-35-56-50(36-55(49)63-57(43)44)45-27-17-28-46(58(45)64-56)59-60-51(39-19-10-6-11-20-39)37-52(61-59)40-21-12-7-13-22-40/h2-7,9-12,14,16-17,19-21,23-32,34-38H,1,8,13,15,18,22,33H2/b4-3-,9-5-. The molecule has 3 aliphatic carbocycles. The highest BCUT2D eigenvalue weighted by atomic mass is 16.3. The van der Waals surface area contributed by atoms with E-state index in [9.17, 15) is 0 Å². The van der Waals surface area contributed by atoms with Gasteiger partial charge in [-0.15, -0.1) is 0 Å². The first kappa shape index (κ1) is 38.0. The van der Waals surface area contributed by atoms with E-state index in [1.165, 1.54) is 33.4 Å². The number of hydrogen-bond acceptors (Lipinski definition) is 4. The molecule has 0 spiro atoms. The minimum Gasteiger partial charge on any atom is -0.455 e. The van der Waals surface area contributed by atoms with E-state index in [1.54, 1.807) is 0 Å². The maximum absolute atomic E-state index is 6.91. The van der Waals surface area contributed by atoms with Gasteiger partial charge in [-0.05, 0) is 110 Å². The van der Waals surface area contributed by atoms with Crippen molar-refractivity contribution in [2.45, 2.75) is 38.5 Å². The highest BCUT2D eigenvalue weighted by molar-refractivity contribution is 6.18. The van der Waals surface area contributed by atoms with Crippen molar-refractivity contribution in [3.63, 3.8) is 0 Å². The summed E-state index contributed by atoms with van der Waals surface area (Å²) in [5.41, 5.74) is 15.6. The van der Waals surface area contributed by atoms with E-state index in [4.69, 9.17) is 18.8 Å². The van der Waals surface area contributed by atoms with Gasteiger partial charge in [-0.3, -0.25) is 0 Å². The summed E-state index contributed by atoms with van der Waals surface area (Å²) in [6, 6.07) is 36.5. The summed E-state index contributed by atoms with van der Waals surface area (Å²) < 4.78 is 16.2. The largest absolute Gasteiger partial charge is 0.455 e. The normalized spacial score (nSPS) is 16.3. The lowest BCUT2D eigenvalue weighted by molar-refractivity contribution is 0.655. The van der Waals surface area contributed by atoms with Crippen LogP contribution in [0, 0.1) is 5.92 Å². The highest BCUT2D eigenvalue weighted by Gasteiger charge is 2.25. The number of furan rings is 2. The van der Waals surface area contributed by atoms with Crippen molar-refractivity contribution in [1.82, 2.24) is 14.5 Å². The van der Waals surface area contributed by atoms with E-state index >= 15 is 0 Å². The molecule has 1 atom stereocenters. The molecule has 0 amide bonds. The number of aromatic nitrogens is 3. The summed E-state index contributed by atoms with van der Waals surface area (Å²) in [7, 11) is 0. The van der Waals surface area contributed by atoms with E-state index in [1.807, 2.05) is 24.3 Å². The average Bonchev–Trinajstić information content (AvgIpc) is 4.02. The quantitative estimate of drug-likeness (QED) is 0.136. The van der Waals surface area contributed by atoms with Gasteiger partial charge >= 0.3 is 0 Å². The van der Waals surface area contributed by atoms with E-state index in [0.29, 0.717) is 11.7 Å². The fourth-order valence-electron chi connectivity index (χ4n) is 9.97. The lowest BCUT2D eigenvalue weighted by Crippen LogP contribution is -2.08. The zero-order chi connectivity index (χ0) is 42.6. The summed E-state index contributed by atoms with van der Waals surface area (Å²) in [4.78, 5) is 10.3. The van der Waals surface area contributed by atoms with Crippen molar-refractivity contribution < 1.29 is 8.83 Å². The first-order valence-electron chi connectivity index (χ1n) is 22.5. The Balaban J connectivity index is 0.961. The summed E-state index contributed by atoms with van der Waals surface area (Å²) in [5, 5.41) is 5.38. The second-order valence-corrected chi connectivity index (χ2v) is 17.0. The fourth-order valence-corrected chi connectivity index (χ4v) is 9.97. The molecular formula is C59H45N3O2. The van der Waals surface area contributed by atoms with Crippen LogP contribution in [0.25, 0.3) is 106 Å². The van der Waals surface area contributed by atoms with Crippen molar-refractivity contribution in [2.75, 3.05) is 0 Å². The smallest absolute Gasteiger partial charge is 0.164 e. The predicted octanol–water partition coefficient (Wildman–Crippen LogP) is 16.0. The molecule has 4 aromatic heterocycles. The Kier molecular flexibility index (Phi) is 9.40. The lowest BCUT2D eigenvalue weighted by atomic mass is 9.89. The number of benzene rings is 5. The van der Waals surface area contributed by atoms with Gasteiger partial charge in [-0.25, -0.2) is 9.97 Å². The SMILES string of the molecule is C=C/C=C\C=C/CC1C=Cc2c(c3cc(-c4cccc5c4oc4cc6c(cc45)oc4c(-c5nc(C7=CC=CCC7)cc(-c7ccccc7)n5)cccc46)ccc3n2C2=CCCC=C2)C1. The van der Waals surface area contributed by atoms with Crippen LogP contribution in [0.2, 0.25) is 0 Å². The zero-order valence-electron chi connectivity index (χ0n) is 35.5. The van der Waals surface area contributed by atoms with Crippen LogP contribution in [0.5, 0.6) is 0 Å². The Bertz CT molecular complexity index is 3580. The maximum Gasteiger partial charge on any atom is 0.164 e. The van der Waals surface area contributed by atoms with Gasteiger partial charge in [0.05, 0.1) is 22.5 Å².